The average molecular weight is 199 g/mol. The maximum Gasteiger partial charge on any atom is 0.0746 e. The Hall–Kier alpha value is -1.26. The van der Waals surface area contributed by atoms with E-state index in [2.05, 4.69) is 35.5 Å². The number of hydrogen-bond acceptors (Lipinski definition) is 1. The molecule has 0 radical (unpaired) electrons. The van der Waals surface area contributed by atoms with Crippen molar-refractivity contribution in [1.82, 2.24) is 5.32 Å². The minimum atomic E-state index is -0.220. The molecule has 1 aliphatic rings. The molecule has 0 spiro atoms. The number of terminal acetylenes is 1. The Morgan fingerprint density at radius 1 is 1.40 bits per heavy atom. The van der Waals surface area contributed by atoms with Crippen LogP contribution >= 0.6 is 0 Å². The molecule has 0 amide bonds. The summed E-state index contributed by atoms with van der Waals surface area (Å²) in [6, 6.07) is 9.04. The lowest BCUT2D eigenvalue weighted by Gasteiger charge is -2.25. The van der Waals surface area contributed by atoms with Crippen LogP contribution in [0.3, 0.4) is 0 Å². The van der Waals surface area contributed by atoms with Crippen LogP contribution in [-0.2, 0) is 6.42 Å². The Kier molecular flexibility index (Phi) is 2.54. The molecule has 0 saturated heterocycles. The first-order valence-electron chi connectivity index (χ1n) is 5.46. The quantitative estimate of drug-likeness (QED) is 0.722. The van der Waals surface area contributed by atoms with Gasteiger partial charge in [0.2, 0.25) is 0 Å². The summed E-state index contributed by atoms with van der Waals surface area (Å²) in [4.78, 5) is 0. The van der Waals surface area contributed by atoms with E-state index >= 15 is 0 Å². The number of fused-ring (bicyclic) bond motifs is 1. The summed E-state index contributed by atoms with van der Waals surface area (Å²) in [5.41, 5.74) is 2.66. The van der Waals surface area contributed by atoms with Gasteiger partial charge in [0.05, 0.1) is 5.54 Å². The van der Waals surface area contributed by atoms with Crippen molar-refractivity contribution >= 4 is 0 Å². The van der Waals surface area contributed by atoms with Crippen LogP contribution in [0.15, 0.2) is 24.3 Å². The van der Waals surface area contributed by atoms with Gasteiger partial charge in [0, 0.05) is 6.04 Å². The zero-order valence-corrected chi connectivity index (χ0v) is 9.38. The molecular formula is C14H17N. The molecule has 0 aliphatic heterocycles. The minimum absolute atomic E-state index is 0.220. The molecular weight excluding hydrogens is 182 g/mol. The summed E-state index contributed by atoms with van der Waals surface area (Å²) in [5, 5.41) is 3.52. The highest BCUT2D eigenvalue weighted by Gasteiger charge is 2.26. The lowest BCUT2D eigenvalue weighted by Crippen LogP contribution is -2.39. The van der Waals surface area contributed by atoms with E-state index in [1.165, 1.54) is 11.1 Å². The smallest absolute Gasteiger partial charge is 0.0746 e. The molecule has 78 valence electrons. The first-order chi connectivity index (χ1) is 7.12. The van der Waals surface area contributed by atoms with Crippen molar-refractivity contribution in [2.75, 3.05) is 0 Å². The summed E-state index contributed by atoms with van der Waals surface area (Å²) in [5.74, 6) is 2.79. The summed E-state index contributed by atoms with van der Waals surface area (Å²) in [7, 11) is 0. The normalized spacial score (nSPS) is 19.7. The fraction of sp³-hybridized carbons (Fsp3) is 0.429. The number of rotatable bonds is 2. The average Bonchev–Trinajstić information content (AvgIpc) is 2.62. The lowest BCUT2D eigenvalue weighted by molar-refractivity contribution is 0.410. The number of nitrogens with one attached hydrogen (secondary N) is 1. The van der Waals surface area contributed by atoms with Crippen LogP contribution in [0.5, 0.6) is 0 Å². The van der Waals surface area contributed by atoms with Gasteiger partial charge in [-0.1, -0.05) is 30.2 Å². The van der Waals surface area contributed by atoms with E-state index in [9.17, 15) is 0 Å². The topological polar surface area (TPSA) is 12.0 Å². The SMILES string of the molecule is C#CC(C)(C)NC1CCc2ccccc21. The highest BCUT2D eigenvalue weighted by Crippen LogP contribution is 2.31. The third-order valence-electron chi connectivity index (χ3n) is 3.03. The van der Waals surface area contributed by atoms with Gasteiger partial charge >= 0.3 is 0 Å². The van der Waals surface area contributed by atoms with Crippen LogP contribution in [0.4, 0.5) is 0 Å². The highest BCUT2D eigenvalue weighted by molar-refractivity contribution is 5.35. The Morgan fingerprint density at radius 3 is 2.87 bits per heavy atom. The third-order valence-corrected chi connectivity index (χ3v) is 3.03. The summed E-state index contributed by atoms with van der Waals surface area (Å²) in [6.07, 6.45) is 7.81. The molecule has 0 fully saturated rings. The molecule has 0 heterocycles. The Labute approximate surface area is 91.9 Å². The predicted octanol–water partition coefficient (Wildman–Crippen LogP) is 2.68. The molecule has 0 bridgehead atoms. The molecule has 1 N–H and O–H groups in total. The van der Waals surface area contributed by atoms with Gasteiger partial charge in [0.1, 0.15) is 0 Å². The summed E-state index contributed by atoms with van der Waals surface area (Å²) in [6.45, 7) is 4.10. The van der Waals surface area contributed by atoms with E-state index < -0.39 is 0 Å². The first-order valence-corrected chi connectivity index (χ1v) is 5.46. The molecule has 0 saturated carbocycles. The van der Waals surface area contributed by atoms with E-state index in [1.807, 2.05) is 13.8 Å². The number of aryl methyl sites for hydroxylation is 1. The molecule has 1 aromatic carbocycles. The monoisotopic (exact) mass is 199 g/mol. The first kappa shape index (κ1) is 10.3. The molecule has 2 rings (SSSR count). The number of benzene rings is 1. The van der Waals surface area contributed by atoms with Gasteiger partial charge in [0.15, 0.2) is 0 Å². The van der Waals surface area contributed by atoms with Crippen LogP contribution in [0.1, 0.15) is 37.4 Å². The second kappa shape index (κ2) is 3.72. The van der Waals surface area contributed by atoms with Crippen molar-refractivity contribution in [2.24, 2.45) is 0 Å². The molecule has 15 heavy (non-hydrogen) atoms. The van der Waals surface area contributed by atoms with E-state index in [-0.39, 0.29) is 5.54 Å². The van der Waals surface area contributed by atoms with Crippen molar-refractivity contribution in [3.63, 3.8) is 0 Å². The molecule has 1 aromatic rings. The molecule has 1 atom stereocenters. The summed E-state index contributed by atoms with van der Waals surface area (Å²) < 4.78 is 0. The summed E-state index contributed by atoms with van der Waals surface area (Å²) >= 11 is 0. The maximum absolute atomic E-state index is 5.49. The van der Waals surface area contributed by atoms with Crippen molar-refractivity contribution in [1.29, 1.82) is 0 Å². The van der Waals surface area contributed by atoms with Crippen molar-refractivity contribution < 1.29 is 0 Å². The second-order valence-corrected chi connectivity index (χ2v) is 4.70. The Balaban J connectivity index is 2.19. The van der Waals surface area contributed by atoms with Crippen molar-refractivity contribution in [2.45, 2.75) is 38.3 Å². The van der Waals surface area contributed by atoms with Gasteiger partial charge in [-0.05, 0) is 37.8 Å². The minimum Gasteiger partial charge on any atom is -0.295 e. The van der Waals surface area contributed by atoms with E-state index in [0.29, 0.717) is 6.04 Å². The van der Waals surface area contributed by atoms with Gasteiger partial charge in [-0.15, -0.1) is 6.42 Å². The van der Waals surface area contributed by atoms with Crippen molar-refractivity contribution in [3.05, 3.63) is 35.4 Å². The molecule has 0 aromatic heterocycles. The lowest BCUT2D eigenvalue weighted by atomic mass is 10.0. The van der Waals surface area contributed by atoms with E-state index in [4.69, 9.17) is 6.42 Å². The fourth-order valence-corrected chi connectivity index (χ4v) is 2.18. The highest BCUT2D eigenvalue weighted by atomic mass is 15.0. The number of hydrogen-bond donors (Lipinski definition) is 1. The van der Waals surface area contributed by atoms with Gasteiger partial charge < -0.3 is 0 Å². The fourth-order valence-electron chi connectivity index (χ4n) is 2.18. The van der Waals surface area contributed by atoms with Crippen molar-refractivity contribution in [3.8, 4) is 12.3 Å². The van der Waals surface area contributed by atoms with Crippen LogP contribution < -0.4 is 5.32 Å². The van der Waals surface area contributed by atoms with Gasteiger partial charge in [0.25, 0.3) is 0 Å². The third kappa shape index (κ3) is 2.06. The van der Waals surface area contributed by atoms with Gasteiger partial charge in [-0.2, -0.15) is 0 Å². The van der Waals surface area contributed by atoms with Crippen LogP contribution in [0, 0.1) is 12.3 Å². The van der Waals surface area contributed by atoms with E-state index in [1.54, 1.807) is 0 Å². The van der Waals surface area contributed by atoms with Crippen LogP contribution in [-0.4, -0.2) is 5.54 Å². The Bertz CT molecular complexity index is 398. The molecule has 1 unspecified atom stereocenters. The zero-order chi connectivity index (χ0) is 10.9. The zero-order valence-electron chi connectivity index (χ0n) is 9.38. The molecule has 1 heteroatoms. The molecule has 1 nitrogen and oxygen atoms in total. The second-order valence-electron chi connectivity index (χ2n) is 4.70. The standard InChI is InChI=1S/C14H17N/c1-4-14(2,3)15-13-10-9-11-7-5-6-8-12(11)13/h1,5-8,13,15H,9-10H2,2-3H3. The van der Waals surface area contributed by atoms with Crippen LogP contribution in [0.25, 0.3) is 0 Å². The predicted molar refractivity (Wildman–Crippen MR) is 63.6 cm³/mol. The molecule has 1 aliphatic carbocycles. The van der Waals surface area contributed by atoms with Crippen LogP contribution in [0.2, 0.25) is 0 Å². The van der Waals surface area contributed by atoms with E-state index in [0.717, 1.165) is 12.8 Å². The Morgan fingerprint density at radius 2 is 2.13 bits per heavy atom. The largest absolute Gasteiger partial charge is 0.295 e. The van der Waals surface area contributed by atoms with Gasteiger partial charge in [-0.25, -0.2) is 0 Å². The van der Waals surface area contributed by atoms with Gasteiger partial charge in [-0.3, -0.25) is 5.32 Å². The maximum atomic E-state index is 5.49.